The minimum Gasteiger partial charge on any atom is -0.376 e. The van der Waals surface area contributed by atoms with Gasteiger partial charge in [-0.1, -0.05) is 19.8 Å². The van der Waals surface area contributed by atoms with E-state index in [9.17, 15) is 0 Å². The maximum absolute atomic E-state index is 5.58. The van der Waals surface area contributed by atoms with Crippen molar-refractivity contribution in [2.45, 2.75) is 32.4 Å². The number of rotatable bonds is 4. The minimum atomic E-state index is -0.0718. The highest BCUT2D eigenvalue weighted by Gasteiger charge is 1.99. The molecule has 0 aliphatic rings. The van der Waals surface area contributed by atoms with Gasteiger partial charge in [0.05, 0.1) is 6.17 Å². The first-order chi connectivity index (χ1) is 4.66. The maximum atomic E-state index is 5.58. The Morgan fingerprint density at radius 2 is 2.30 bits per heavy atom. The van der Waals surface area contributed by atoms with E-state index in [1.807, 2.05) is 0 Å². The summed E-state index contributed by atoms with van der Waals surface area (Å²) in [7, 11) is 0. The quantitative estimate of drug-likeness (QED) is 0.410. The van der Waals surface area contributed by atoms with Crippen LogP contribution >= 0.6 is 12.2 Å². The first-order valence-corrected chi connectivity index (χ1v) is 3.89. The van der Waals surface area contributed by atoms with Crippen molar-refractivity contribution in [1.29, 1.82) is 0 Å². The van der Waals surface area contributed by atoms with Crippen LogP contribution in [0.15, 0.2) is 0 Å². The van der Waals surface area contributed by atoms with Gasteiger partial charge in [-0.3, -0.25) is 0 Å². The molecule has 1 unspecified atom stereocenters. The highest BCUT2D eigenvalue weighted by atomic mass is 32.1. The van der Waals surface area contributed by atoms with Crippen LogP contribution in [0.4, 0.5) is 0 Å². The molecule has 0 aromatic heterocycles. The second-order valence-corrected chi connectivity index (χ2v) is 2.70. The zero-order valence-corrected chi connectivity index (χ0v) is 7.08. The SMILES string of the molecule is CCCCC(N)NC(N)=S. The van der Waals surface area contributed by atoms with Gasteiger partial charge in [-0.2, -0.15) is 0 Å². The van der Waals surface area contributed by atoms with E-state index < -0.39 is 0 Å². The van der Waals surface area contributed by atoms with Gasteiger partial charge in [-0.05, 0) is 18.6 Å². The van der Waals surface area contributed by atoms with Gasteiger partial charge in [0.15, 0.2) is 5.11 Å². The van der Waals surface area contributed by atoms with Crippen LogP contribution in [0.5, 0.6) is 0 Å². The molecule has 4 heteroatoms. The Hall–Kier alpha value is -0.350. The summed E-state index contributed by atoms with van der Waals surface area (Å²) in [5.41, 5.74) is 10.8. The number of hydrogen-bond donors (Lipinski definition) is 3. The second-order valence-electron chi connectivity index (χ2n) is 2.26. The van der Waals surface area contributed by atoms with Gasteiger partial charge in [0.1, 0.15) is 0 Å². The van der Waals surface area contributed by atoms with Gasteiger partial charge in [0.25, 0.3) is 0 Å². The molecule has 0 spiro atoms. The van der Waals surface area contributed by atoms with E-state index >= 15 is 0 Å². The number of thiocarbonyl (C=S) groups is 1. The number of unbranched alkanes of at least 4 members (excludes halogenated alkanes) is 1. The average Bonchev–Trinajstić information content (AvgIpc) is 1.82. The van der Waals surface area contributed by atoms with E-state index in [4.69, 9.17) is 11.5 Å². The molecule has 0 fully saturated rings. The molecule has 0 aliphatic carbocycles. The van der Waals surface area contributed by atoms with E-state index in [-0.39, 0.29) is 11.3 Å². The van der Waals surface area contributed by atoms with Gasteiger partial charge in [-0.15, -0.1) is 0 Å². The van der Waals surface area contributed by atoms with E-state index in [1.54, 1.807) is 0 Å². The summed E-state index contributed by atoms with van der Waals surface area (Å²) >= 11 is 4.61. The largest absolute Gasteiger partial charge is 0.376 e. The molecule has 0 bridgehead atoms. The summed E-state index contributed by atoms with van der Waals surface area (Å²) in [6, 6.07) is 0. The lowest BCUT2D eigenvalue weighted by Gasteiger charge is -2.11. The van der Waals surface area contributed by atoms with E-state index in [0.29, 0.717) is 0 Å². The minimum absolute atomic E-state index is 0.0718. The number of hydrogen-bond acceptors (Lipinski definition) is 2. The zero-order valence-electron chi connectivity index (χ0n) is 6.26. The Labute approximate surface area is 67.2 Å². The normalized spacial score (nSPS) is 12.6. The second kappa shape index (κ2) is 5.44. The first-order valence-electron chi connectivity index (χ1n) is 3.48. The van der Waals surface area contributed by atoms with Gasteiger partial charge < -0.3 is 16.8 Å². The van der Waals surface area contributed by atoms with Crippen LogP contribution < -0.4 is 16.8 Å². The molecule has 10 heavy (non-hydrogen) atoms. The van der Waals surface area contributed by atoms with Crippen molar-refractivity contribution in [3.05, 3.63) is 0 Å². The van der Waals surface area contributed by atoms with Gasteiger partial charge in [0.2, 0.25) is 0 Å². The van der Waals surface area contributed by atoms with Crippen LogP contribution in [-0.4, -0.2) is 11.3 Å². The van der Waals surface area contributed by atoms with Crippen molar-refractivity contribution in [1.82, 2.24) is 5.32 Å². The Balaban J connectivity index is 3.25. The molecule has 0 aliphatic heterocycles. The third-order valence-electron chi connectivity index (χ3n) is 1.20. The molecule has 0 radical (unpaired) electrons. The smallest absolute Gasteiger partial charge is 0.164 e. The molecule has 0 aromatic rings. The molecule has 0 heterocycles. The Kier molecular flexibility index (Phi) is 5.25. The Bertz CT molecular complexity index is 105. The van der Waals surface area contributed by atoms with Crippen molar-refractivity contribution in [3.63, 3.8) is 0 Å². The Morgan fingerprint density at radius 1 is 1.70 bits per heavy atom. The highest BCUT2D eigenvalue weighted by molar-refractivity contribution is 7.80. The van der Waals surface area contributed by atoms with Gasteiger partial charge in [0, 0.05) is 0 Å². The summed E-state index contributed by atoms with van der Waals surface area (Å²) in [5.74, 6) is 0. The van der Waals surface area contributed by atoms with Crippen LogP contribution in [0.3, 0.4) is 0 Å². The van der Waals surface area contributed by atoms with E-state index in [1.165, 1.54) is 0 Å². The zero-order chi connectivity index (χ0) is 7.98. The number of nitrogens with two attached hydrogens (primary N) is 2. The first kappa shape index (κ1) is 9.65. The Morgan fingerprint density at radius 3 is 2.70 bits per heavy atom. The van der Waals surface area contributed by atoms with Crippen LogP contribution in [0, 0.1) is 0 Å². The van der Waals surface area contributed by atoms with Crippen molar-refractivity contribution in [2.75, 3.05) is 0 Å². The van der Waals surface area contributed by atoms with Crippen molar-refractivity contribution >= 4 is 17.3 Å². The summed E-state index contributed by atoms with van der Waals surface area (Å²) in [5, 5.41) is 3.05. The fraction of sp³-hybridized carbons (Fsp3) is 0.833. The third kappa shape index (κ3) is 5.78. The van der Waals surface area contributed by atoms with Crippen LogP contribution in [0.2, 0.25) is 0 Å². The lowest BCUT2D eigenvalue weighted by atomic mass is 10.2. The topological polar surface area (TPSA) is 64.1 Å². The fourth-order valence-corrected chi connectivity index (χ4v) is 0.830. The van der Waals surface area contributed by atoms with Crippen LogP contribution in [0.25, 0.3) is 0 Å². The summed E-state index contributed by atoms with van der Waals surface area (Å²) < 4.78 is 0. The molecule has 0 rings (SSSR count). The lowest BCUT2D eigenvalue weighted by molar-refractivity contribution is 0.551. The molecule has 0 aromatic carbocycles. The number of nitrogens with one attached hydrogen (secondary N) is 1. The molecule has 3 nitrogen and oxygen atoms in total. The van der Waals surface area contributed by atoms with Crippen molar-refractivity contribution in [2.24, 2.45) is 11.5 Å². The standard InChI is InChI=1S/C6H15N3S/c1-2-3-4-5(7)9-6(8)10/h5H,2-4,7H2,1H3,(H3,8,9,10). The third-order valence-corrected chi connectivity index (χ3v) is 1.31. The summed E-state index contributed by atoms with van der Waals surface area (Å²) in [6.07, 6.45) is 3.11. The van der Waals surface area contributed by atoms with E-state index in [2.05, 4.69) is 24.5 Å². The molecule has 0 saturated heterocycles. The molecule has 1 atom stereocenters. The molecular formula is C6H15N3S. The highest BCUT2D eigenvalue weighted by Crippen LogP contribution is 1.94. The summed E-state index contributed by atoms with van der Waals surface area (Å²) in [6.45, 7) is 2.12. The van der Waals surface area contributed by atoms with E-state index in [0.717, 1.165) is 19.3 Å². The predicted octanol–water partition coefficient (Wildman–Crippen LogP) is 0.295. The molecule has 60 valence electrons. The van der Waals surface area contributed by atoms with Crippen LogP contribution in [-0.2, 0) is 0 Å². The van der Waals surface area contributed by atoms with Crippen molar-refractivity contribution < 1.29 is 0 Å². The predicted molar refractivity (Wildman–Crippen MR) is 47.4 cm³/mol. The van der Waals surface area contributed by atoms with Gasteiger partial charge in [-0.25, -0.2) is 0 Å². The average molecular weight is 161 g/mol. The molecule has 5 N–H and O–H groups in total. The monoisotopic (exact) mass is 161 g/mol. The maximum Gasteiger partial charge on any atom is 0.164 e. The molecular weight excluding hydrogens is 146 g/mol. The van der Waals surface area contributed by atoms with Gasteiger partial charge >= 0.3 is 0 Å². The molecule has 0 saturated carbocycles. The van der Waals surface area contributed by atoms with Crippen molar-refractivity contribution in [3.8, 4) is 0 Å². The fourth-order valence-electron chi connectivity index (χ4n) is 0.679. The summed E-state index contributed by atoms with van der Waals surface area (Å²) in [4.78, 5) is 0. The molecule has 0 amide bonds. The van der Waals surface area contributed by atoms with Crippen LogP contribution in [0.1, 0.15) is 26.2 Å². The lowest BCUT2D eigenvalue weighted by Crippen LogP contribution is -2.43.